The fraction of sp³-hybridized carbons (Fsp3) is 1.00. The molecule has 0 amide bonds. The fourth-order valence-electron chi connectivity index (χ4n) is 2.13. The van der Waals surface area contributed by atoms with E-state index in [1.54, 1.807) is 7.11 Å². The molecule has 1 aliphatic heterocycles. The van der Waals surface area contributed by atoms with Crippen LogP contribution in [0, 0.1) is 0 Å². The zero-order valence-corrected chi connectivity index (χ0v) is 12.7. The highest BCUT2D eigenvalue weighted by atomic mass is 31.2. The molecular formula is C11H23O7P. The summed E-state index contributed by atoms with van der Waals surface area (Å²) in [6.45, 7) is 4.67. The summed E-state index contributed by atoms with van der Waals surface area (Å²) in [6.07, 6.45) is -0.271. The van der Waals surface area contributed by atoms with Crippen LogP contribution in [0.3, 0.4) is 0 Å². The quantitative estimate of drug-likeness (QED) is 0.710. The molecule has 1 unspecified atom stereocenters. The Morgan fingerprint density at radius 2 is 2.16 bits per heavy atom. The van der Waals surface area contributed by atoms with Gasteiger partial charge in [0.25, 0.3) is 0 Å². The Morgan fingerprint density at radius 3 is 2.68 bits per heavy atom. The van der Waals surface area contributed by atoms with Crippen LogP contribution in [-0.4, -0.2) is 56.7 Å². The molecule has 1 heterocycles. The summed E-state index contributed by atoms with van der Waals surface area (Å²) in [5.74, 6) is 0. The molecule has 1 saturated heterocycles. The standard InChI is InChI=1S/C11H23O7P/c1-9(2)17-11(8-14-3)5-6-16-7-10(11)18-19(12,13)15-4/h9-10H,5-8H2,1-4H3,(H,12,13)/t10-,11+/m0/s1. The Labute approximate surface area is 113 Å². The zero-order chi connectivity index (χ0) is 14.5. The summed E-state index contributed by atoms with van der Waals surface area (Å²) in [4.78, 5) is 9.47. The second-order valence-corrected chi connectivity index (χ2v) is 6.25. The van der Waals surface area contributed by atoms with E-state index in [0.29, 0.717) is 13.0 Å². The lowest BCUT2D eigenvalue weighted by Crippen LogP contribution is -2.56. The van der Waals surface area contributed by atoms with Crippen molar-refractivity contribution >= 4 is 7.82 Å². The van der Waals surface area contributed by atoms with Crippen molar-refractivity contribution in [3.05, 3.63) is 0 Å². The van der Waals surface area contributed by atoms with E-state index in [1.165, 1.54) is 0 Å². The van der Waals surface area contributed by atoms with E-state index in [2.05, 4.69) is 4.52 Å². The molecule has 0 aromatic rings. The van der Waals surface area contributed by atoms with Gasteiger partial charge in [-0.05, 0) is 13.8 Å². The molecule has 114 valence electrons. The minimum absolute atomic E-state index is 0.0695. The predicted molar refractivity (Wildman–Crippen MR) is 68.0 cm³/mol. The lowest BCUT2D eigenvalue weighted by atomic mass is 9.91. The third-order valence-electron chi connectivity index (χ3n) is 2.88. The highest BCUT2D eigenvalue weighted by molar-refractivity contribution is 7.47. The van der Waals surface area contributed by atoms with E-state index in [0.717, 1.165) is 7.11 Å². The lowest BCUT2D eigenvalue weighted by molar-refractivity contribution is -0.213. The van der Waals surface area contributed by atoms with E-state index >= 15 is 0 Å². The van der Waals surface area contributed by atoms with Crippen LogP contribution in [0.2, 0.25) is 0 Å². The van der Waals surface area contributed by atoms with E-state index in [1.807, 2.05) is 13.8 Å². The molecule has 1 N–H and O–H groups in total. The molecule has 19 heavy (non-hydrogen) atoms. The average molecular weight is 298 g/mol. The number of hydrogen-bond donors (Lipinski definition) is 1. The van der Waals surface area contributed by atoms with Gasteiger partial charge < -0.3 is 19.1 Å². The van der Waals surface area contributed by atoms with Gasteiger partial charge in [0.1, 0.15) is 11.7 Å². The first kappa shape index (κ1) is 17.0. The van der Waals surface area contributed by atoms with E-state index < -0.39 is 19.5 Å². The Balaban J connectivity index is 2.90. The second kappa shape index (κ2) is 7.13. The molecule has 1 fully saturated rings. The maximum atomic E-state index is 11.6. The Kier molecular flexibility index (Phi) is 6.39. The second-order valence-electron chi connectivity index (χ2n) is 4.73. The van der Waals surface area contributed by atoms with Crippen molar-refractivity contribution in [3.63, 3.8) is 0 Å². The van der Waals surface area contributed by atoms with Crippen LogP contribution in [0.5, 0.6) is 0 Å². The minimum atomic E-state index is -4.10. The third-order valence-corrected chi connectivity index (χ3v) is 3.86. The number of phosphoric acid groups is 1. The number of hydrogen-bond acceptors (Lipinski definition) is 6. The average Bonchev–Trinajstić information content (AvgIpc) is 2.31. The topological polar surface area (TPSA) is 83.5 Å². The first-order chi connectivity index (χ1) is 8.85. The molecule has 0 saturated carbocycles. The van der Waals surface area contributed by atoms with Crippen molar-refractivity contribution in [2.75, 3.05) is 34.0 Å². The summed E-state index contributed by atoms with van der Waals surface area (Å²) < 4.78 is 37.6. The van der Waals surface area contributed by atoms with Crippen LogP contribution in [0.25, 0.3) is 0 Å². The number of ether oxygens (including phenoxy) is 3. The highest BCUT2D eigenvalue weighted by Crippen LogP contribution is 2.47. The predicted octanol–water partition coefficient (Wildman–Crippen LogP) is 1.35. The van der Waals surface area contributed by atoms with Gasteiger partial charge in [-0.15, -0.1) is 0 Å². The van der Waals surface area contributed by atoms with Crippen molar-refractivity contribution in [3.8, 4) is 0 Å². The Morgan fingerprint density at radius 1 is 1.47 bits per heavy atom. The van der Waals surface area contributed by atoms with Crippen LogP contribution < -0.4 is 0 Å². The SMILES string of the molecule is COC[C@]1(OC(C)C)CCOC[C@@H]1OP(=O)(O)OC. The van der Waals surface area contributed by atoms with E-state index in [4.69, 9.17) is 18.7 Å². The highest BCUT2D eigenvalue weighted by Gasteiger charge is 2.47. The molecule has 0 radical (unpaired) electrons. The third kappa shape index (κ3) is 4.79. The van der Waals surface area contributed by atoms with Gasteiger partial charge in [0.05, 0.1) is 19.3 Å². The molecule has 0 spiro atoms. The number of methoxy groups -OCH3 is 1. The molecule has 1 rings (SSSR count). The van der Waals surface area contributed by atoms with Gasteiger partial charge in [0, 0.05) is 27.2 Å². The normalized spacial score (nSPS) is 31.4. The largest absolute Gasteiger partial charge is 0.472 e. The molecule has 7 nitrogen and oxygen atoms in total. The molecule has 1 aliphatic rings. The molecule has 0 aromatic carbocycles. The molecular weight excluding hydrogens is 275 g/mol. The van der Waals surface area contributed by atoms with Crippen LogP contribution in [0.15, 0.2) is 0 Å². The van der Waals surface area contributed by atoms with Crippen molar-refractivity contribution < 1.29 is 32.7 Å². The maximum absolute atomic E-state index is 11.6. The molecule has 0 aliphatic carbocycles. The summed E-state index contributed by atoms with van der Waals surface area (Å²) in [5.41, 5.74) is -0.807. The zero-order valence-electron chi connectivity index (χ0n) is 11.8. The number of phosphoric ester groups is 1. The minimum Gasteiger partial charge on any atom is -0.382 e. The van der Waals surface area contributed by atoms with Crippen molar-refractivity contribution in [2.45, 2.75) is 38.1 Å². The smallest absolute Gasteiger partial charge is 0.382 e. The van der Waals surface area contributed by atoms with Gasteiger partial charge in [0.2, 0.25) is 0 Å². The van der Waals surface area contributed by atoms with Crippen LogP contribution >= 0.6 is 7.82 Å². The van der Waals surface area contributed by atoms with Crippen molar-refractivity contribution in [1.29, 1.82) is 0 Å². The number of rotatable bonds is 7. The van der Waals surface area contributed by atoms with Crippen LogP contribution in [0.1, 0.15) is 20.3 Å². The maximum Gasteiger partial charge on any atom is 0.472 e. The summed E-state index contributed by atoms with van der Waals surface area (Å²) in [7, 11) is -1.44. The molecule has 0 aromatic heterocycles. The van der Waals surface area contributed by atoms with Gasteiger partial charge in [-0.3, -0.25) is 9.05 Å². The van der Waals surface area contributed by atoms with Gasteiger partial charge in [-0.2, -0.15) is 0 Å². The van der Waals surface area contributed by atoms with Crippen molar-refractivity contribution in [1.82, 2.24) is 0 Å². The monoisotopic (exact) mass is 298 g/mol. The summed E-state index contributed by atoms with van der Waals surface area (Å²) in [6, 6.07) is 0. The first-order valence-corrected chi connectivity index (χ1v) is 7.66. The molecule has 8 heteroatoms. The summed E-state index contributed by atoms with van der Waals surface area (Å²) >= 11 is 0. The van der Waals surface area contributed by atoms with Gasteiger partial charge in [-0.1, -0.05) is 0 Å². The van der Waals surface area contributed by atoms with Gasteiger partial charge >= 0.3 is 7.82 Å². The van der Waals surface area contributed by atoms with Crippen molar-refractivity contribution in [2.24, 2.45) is 0 Å². The fourth-order valence-corrected chi connectivity index (χ4v) is 2.79. The lowest BCUT2D eigenvalue weighted by Gasteiger charge is -2.43. The molecule has 0 bridgehead atoms. The van der Waals surface area contributed by atoms with Crippen LogP contribution in [0.4, 0.5) is 0 Å². The van der Waals surface area contributed by atoms with Crippen LogP contribution in [-0.2, 0) is 27.8 Å². The summed E-state index contributed by atoms with van der Waals surface area (Å²) in [5, 5.41) is 0. The Hall–Kier alpha value is -0.0100. The molecule has 3 atom stereocenters. The van der Waals surface area contributed by atoms with E-state index in [-0.39, 0.29) is 19.3 Å². The van der Waals surface area contributed by atoms with Gasteiger partial charge in [0.15, 0.2) is 0 Å². The van der Waals surface area contributed by atoms with E-state index in [9.17, 15) is 9.46 Å². The first-order valence-electron chi connectivity index (χ1n) is 6.16. The Bertz CT molecular complexity index is 318. The van der Waals surface area contributed by atoms with Gasteiger partial charge in [-0.25, -0.2) is 4.57 Å².